The van der Waals surface area contributed by atoms with Gasteiger partial charge >= 0.3 is 0 Å². The number of sulfonamides is 1. The first kappa shape index (κ1) is 14.5. The molecule has 0 aliphatic rings. The molecule has 0 saturated carbocycles. The predicted octanol–water partition coefficient (Wildman–Crippen LogP) is 2.25. The molecule has 0 bridgehead atoms. The van der Waals surface area contributed by atoms with Gasteiger partial charge in [0.15, 0.2) is 0 Å². The fraction of sp³-hybridized carbons (Fsp3) is 0.231. The molecular formula is C13H15FN2O3S. The number of furan rings is 1. The zero-order valence-corrected chi connectivity index (χ0v) is 11.9. The molecular weight excluding hydrogens is 283 g/mol. The number of para-hydroxylation sites is 1. The van der Waals surface area contributed by atoms with Gasteiger partial charge in [-0.15, -0.1) is 0 Å². The molecule has 0 atom stereocenters. The van der Waals surface area contributed by atoms with Crippen LogP contribution in [0, 0.1) is 12.7 Å². The molecule has 0 spiro atoms. The number of halogens is 1. The molecule has 1 heterocycles. The molecule has 0 unspecified atom stereocenters. The van der Waals surface area contributed by atoms with E-state index in [0.717, 1.165) is 5.56 Å². The topological polar surface area (TPSA) is 71.3 Å². The fourth-order valence-electron chi connectivity index (χ4n) is 1.73. The summed E-state index contributed by atoms with van der Waals surface area (Å²) in [5.74, 6) is 0.0427. The van der Waals surface area contributed by atoms with Gasteiger partial charge in [-0.25, -0.2) is 17.5 Å². The average molecular weight is 298 g/mol. The fourth-order valence-corrected chi connectivity index (χ4v) is 2.39. The van der Waals surface area contributed by atoms with E-state index in [1.165, 1.54) is 25.2 Å². The van der Waals surface area contributed by atoms with Crippen LogP contribution in [0.5, 0.6) is 0 Å². The summed E-state index contributed by atoms with van der Waals surface area (Å²) in [7, 11) is -2.29. The van der Waals surface area contributed by atoms with Gasteiger partial charge in [-0.2, -0.15) is 0 Å². The number of anilines is 1. The molecule has 5 nitrogen and oxygen atoms in total. The second kappa shape index (κ2) is 5.64. The maximum absolute atomic E-state index is 13.6. The third-order valence-corrected chi connectivity index (χ3v) is 4.12. The van der Waals surface area contributed by atoms with Crippen molar-refractivity contribution in [2.45, 2.75) is 18.6 Å². The molecule has 7 heteroatoms. The summed E-state index contributed by atoms with van der Waals surface area (Å²) in [4.78, 5) is 0. The third kappa shape index (κ3) is 3.00. The Morgan fingerprint density at radius 1 is 1.25 bits per heavy atom. The summed E-state index contributed by atoms with van der Waals surface area (Å²) in [5.41, 5.74) is 1.14. The van der Waals surface area contributed by atoms with Crippen LogP contribution in [-0.4, -0.2) is 15.5 Å². The minimum atomic E-state index is -3.60. The van der Waals surface area contributed by atoms with E-state index in [0.29, 0.717) is 11.4 Å². The normalized spacial score (nSPS) is 11.6. The number of nitrogens with one attached hydrogen (secondary N) is 2. The van der Waals surface area contributed by atoms with E-state index in [2.05, 4.69) is 10.0 Å². The number of aryl methyl sites for hydroxylation is 1. The second-order valence-electron chi connectivity index (χ2n) is 4.21. The highest BCUT2D eigenvalue weighted by Crippen LogP contribution is 2.20. The molecule has 2 N–H and O–H groups in total. The summed E-state index contributed by atoms with van der Waals surface area (Å²) in [6.07, 6.45) is 0. The van der Waals surface area contributed by atoms with E-state index in [9.17, 15) is 12.8 Å². The molecule has 20 heavy (non-hydrogen) atoms. The number of hydrogen-bond acceptors (Lipinski definition) is 4. The van der Waals surface area contributed by atoms with Crippen LogP contribution in [0.25, 0.3) is 0 Å². The largest absolute Gasteiger partial charge is 0.446 e. The van der Waals surface area contributed by atoms with Crippen molar-refractivity contribution >= 4 is 15.7 Å². The Morgan fingerprint density at radius 3 is 2.65 bits per heavy atom. The summed E-state index contributed by atoms with van der Waals surface area (Å²) in [6, 6.07) is 7.66. The standard InChI is InChI=1S/C13H15FN2O3S/c1-9-4-3-5-11(14)13(9)16-8-10-6-7-12(19-10)20(17,18)15-2/h3-7,15-16H,8H2,1-2H3. The summed E-state index contributed by atoms with van der Waals surface area (Å²) >= 11 is 0. The smallest absolute Gasteiger partial charge is 0.273 e. The van der Waals surface area contributed by atoms with E-state index in [1.807, 2.05) is 0 Å². The van der Waals surface area contributed by atoms with Gasteiger partial charge in [-0.05, 0) is 37.7 Å². The van der Waals surface area contributed by atoms with Crippen molar-refractivity contribution in [3.05, 3.63) is 47.5 Å². The number of rotatable bonds is 5. The van der Waals surface area contributed by atoms with Gasteiger partial charge in [0.05, 0.1) is 12.2 Å². The summed E-state index contributed by atoms with van der Waals surface area (Å²) in [5, 5.41) is 2.73. The minimum absolute atomic E-state index is 0.165. The second-order valence-corrected chi connectivity index (χ2v) is 6.03. The lowest BCUT2D eigenvalue weighted by molar-refractivity contribution is 0.417. The number of benzene rings is 1. The molecule has 0 aliphatic carbocycles. The van der Waals surface area contributed by atoms with Crippen molar-refractivity contribution in [2.24, 2.45) is 0 Å². The van der Waals surface area contributed by atoms with Crippen LogP contribution in [0.15, 0.2) is 39.8 Å². The van der Waals surface area contributed by atoms with Crippen molar-refractivity contribution in [3.63, 3.8) is 0 Å². The van der Waals surface area contributed by atoms with Gasteiger partial charge in [0, 0.05) is 0 Å². The van der Waals surface area contributed by atoms with Crippen LogP contribution in [-0.2, 0) is 16.6 Å². The summed E-state index contributed by atoms with van der Waals surface area (Å²) < 4.78 is 44.0. The first-order valence-corrected chi connectivity index (χ1v) is 7.43. The first-order chi connectivity index (χ1) is 9.44. The van der Waals surface area contributed by atoms with Gasteiger partial charge in [0.1, 0.15) is 11.6 Å². The van der Waals surface area contributed by atoms with Crippen LogP contribution < -0.4 is 10.0 Å². The van der Waals surface area contributed by atoms with Crippen LogP contribution in [0.3, 0.4) is 0 Å². The summed E-state index contributed by atoms with van der Waals surface area (Å²) in [6.45, 7) is 1.98. The minimum Gasteiger partial charge on any atom is -0.446 e. The average Bonchev–Trinajstić information content (AvgIpc) is 2.88. The Balaban J connectivity index is 2.13. The van der Waals surface area contributed by atoms with Crippen molar-refractivity contribution in [1.82, 2.24) is 4.72 Å². The van der Waals surface area contributed by atoms with Gasteiger partial charge in [-0.3, -0.25) is 0 Å². The van der Waals surface area contributed by atoms with Crippen molar-refractivity contribution in [3.8, 4) is 0 Å². The maximum Gasteiger partial charge on any atom is 0.273 e. The molecule has 2 aromatic rings. The Bertz CT molecular complexity index is 690. The van der Waals surface area contributed by atoms with Crippen molar-refractivity contribution < 1.29 is 17.2 Å². The zero-order chi connectivity index (χ0) is 14.8. The van der Waals surface area contributed by atoms with Gasteiger partial charge in [0.25, 0.3) is 10.0 Å². The van der Waals surface area contributed by atoms with Crippen molar-refractivity contribution in [2.75, 3.05) is 12.4 Å². The van der Waals surface area contributed by atoms with E-state index in [1.54, 1.807) is 19.1 Å². The van der Waals surface area contributed by atoms with E-state index in [4.69, 9.17) is 4.42 Å². The van der Waals surface area contributed by atoms with E-state index < -0.39 is 10.0 Å². The van der Waals surface area contributed by atoms with Crippen LogP contribution in [0.2, 0.25) is 0 Å². The highest BCUT2D eigenvalue weighted by atomic mass is 32.2. The molecule has 0 aliphatic heterocycles. The Labute approximate surface area is 116 Å². The lowest BCUT2D eigenvalue weighted by Crippen LogP contribution is -2.17. The highest BCUT2D eigenvalue weighted by molar-refractivity contribution is 7.89. The maximum atomic E-state index is 13.6. The van der Waals surface area contributed by atoms with Crippen LogP contribution in [0.4, 0.5) is 10.1 Å². The Kier molecular flexibility index (Phi) is 4.10. The molecule has 0 radical (unpaired) electrons. The SMILES string of the molecule is CNS(=O)(=O)c1ccc(CNc2c(C)cccc2F)o1. The molecule has 1 aromatic heterocycles. The lowest BCUT2D eigenvalue weighted by atomic mass is 10.2. The van der Waals surface area contributed by atoms with Crippen LogP contribution in [0.1, 0.15) is 11.3 Å². The zero-order valence-electron chi connectivity index (χ0n) is 11.1. The molecule has 108 valence electrons. The number of hydrogen-bond donors (Lipinski definition) is 2. The van der Waals surface area contributed by atoms with E-state index >= 15 is 0 Å². The van der Waals surface area contributed by atoms with Gasteiger partial charge in [0.2, 0.25) is 5.09 Å². The van der Waals surface area contributed by atoms with Crippen molar-refractivity contribution in [1.29, 1.82) is 0 Å². The molecule has 0 amide bonds. The lowest BCUT2D eigenvalue weighted by Gasteiger charge is -2.08. The first-order valence-electron chi connectivity index (χ1n) is 5.95. The van der Waals surface area contributed by atoms with Crippen LogP contribution >= 0.6 is 0 Å². The van der Waals surface area contributed by atoms with Gasteiger partial charge < -0.3 is 9.73 Å². The molecule has 2 rings (SSSR count). The Hall–Kier alpha value is -1.86. The monoisotopic (exact) mass is 298 g/mol. The predicted molar refractivity (Wildman–Crippen MR) is 73.4 cm³/mol. The molecule has 0 fully saturated rings. The van der Waals surface area contributed by atoms with Gasteiger partial charge in [-0.1, -0.05) is 12.1 Å². The molecule has 1 aromatic carbocycles. The molecule has 0 saturated heterocycles. The van der Waals surface area contributed by atoms with E-state index in [-0.39, 0.29) is 17.5 Å². The Morgan fingerprint density at radius 2 is 2.00 bits per heavy atom. The highest BCUT2D eigenvalue weighted by Gasteiger charge is 2.16. The third-order valence-electron chi connectivity index (χ3n) is 2.83. The quantitative estimate of drug-likeness (QED) is 0.888.